The number of aliphatic hydroxyl groups excluding tert-OH is 1. The van der Waals surface area contributed by atoms with Crippen molar-refractivity contribution in [1.82, 2.24) is 0 Å². The topological polar surface area (TPSA) is 74.6 Å². The number of hydrogen-bond acceptors (Lipinski definition) is 4. The van der Waals surface area contributed by atoms with Gasteiger partial charge in [0.2, 0.25) is 0 Å². The molecule has 2 saturated carbocycles. The maximum absolute atomic E-state index is 13.8. The Labute approximate surface area is 245 Å². The molecule has 5 heteroatoms. The van der Waals surface area contributed by atoms with Crippen molar-refractivity contribution in [1.29, 1.82) is 0 Å². The zero-order valence-corrected chi connectivity index (χ0v) is 26.8. The summed E-state index contributed by atoms with van der Waals surface area (Å²) in [5.41, 5.74) is 1.17. The van der Waals surface area contributed by atoms with Crippen LogP contribution in [0.2, 0.25) is 0 Å². The zero-order valence-electron chi connectivity index (χ0n) is 26.0. The predicted octanol–water partition coefficient (Wildman–Crippen LogP) is 7.98. The summed E-state index contributed by atoms with van der Waals surface area (Å²) in [6.07, 6.45) is 11.7. The molecule has 4 rings (SSSR count). The molecule has 0 amide bonds. The van der Waals surface area contributed by atoms with Crippen LogP contribution in [0.3, 0.4) is 0 Å². The summed E-state index contributed by atoms with van der Waals surface area (Å²) in [6, 6.07) is 8.84. The van der Waals surface area contributed by atoms with E-state index in [9.17, 15) is 18.6 Å². The molecule has 0 saturated heterocycles. The molecule has 1 aromatic rings. The Kier molecular flexibility index (Phi) is 10.00. The van der Waals surface area contributed by atoms with Crippen molar-refractivity contribution in [3.8, 4) is 0 Å². The minimum Gasteiger partial charge on any atom is -0.393 e. The molecule has 1 unspecified atom stereocenters. The van der Waals surface area contributed by atoms with E-state index in [1.165, 1.54) is 12.0 Å². The van der Waals surface area contributed by atoms with E-state index < -0.39 is 26.8 Å². The summed E-state index contributed by atoms with van der Waals surface area (Å²) in [7, 11) is -3.53. The van der Waals surface area contributed by atoms with Gasteiger partial charge < -0.3 is 10.2 Å². The average molecular weight is 573 g/mol. The van der Waals surface area contributed by atoms with Crippen molar-refractivity contribution >= 4 is 9.84 Å². The lowest BCUT2D eigenvalue weighted by Crippen LogP contribution is -2.44. The maximum atomic E-state index is 13.8. The summed E-state index contributed by atoms with van der Waals surface area (Å²) < 4.78 is 27.6. The molecule has 2 fully saturated rings. The fraction of sp³-hybridized carbons (Fsp3) is 0.771. The first-order chi connectivity index (χ1) is 18.9. The first kappa shape index (κ1) is 31.8. The highest BCUT2D eigenvalue weighted by Crippen LogP contribution is 2.60. The molecule has 3 aliphatic rings. The highest BCUT2D eigenvalue weighted by atomic mass is 32.2. The third-order valence-electron chi connectivity index (χ3n) is 12.2. The average Bonchev–Trinajstić information content (AvgIpc) is 3.30. The van der Waals surface area contributed by atoms with Crippen LogP contribution in [0.5, 0.6) is 0 Å². The van der Waals surface area contributed by atoms with E-state index in [-0.39, 0.29) is 11.3 Å². The van der Waals surface area contributed by atoms with Crippen molar-refractivity contribution in [2.75, 3.05) is 0 Å². The Bertz CT molecular complexity index is 1110. The van der Waals surface area contributed by atoms with Gasteiger partial charge in [0, 0.05) is 0 Å². The van der Waals surface area contributed by atoms with E-state index in [1.54, 1.807) is 24.3 Å². The lowest BCUT2D eigenvalue weighted by Gasteiger charge is -2.50. The molecule has 0 heterocycles. The molecule has 0 radical (unpaired) electrons. The minimum atomic E-state index is -3.53. The van der Waals surface area contributed by atoms with Gasteiger partial charge in [0.15, 0.2) is 9.84 Å². The monoisotopic (exact) mass is 572 g/mol. The second kappa shape index (κ2) is 12.6. The molecule has 0 spiro atoms. The normalized spacial score (nSPS) is 36.9. The first-order valence-electron chi connectivity index (χ1n) is 16.3. The van der Waals surface area contributed by atoms with Crippen LogP contribution in [-0.2, 0) is 9.84 Å². The molecule has 3 aliphatic carbocycles. The Morgan fingerprint density at radius 2 is 1.73 bits per heavy atom. The van der Waals surface area contributed by atoms with Gasteiger partial charge in [0.25, 0.3) is 0 Å². The van der Waals surface area contributed by atoms with Gasteiger partial charge in [-0.15, -0.1) is 0 Å². The van der Waals surface area contributed by atoms with E-state index in [0.29, 0.717) is 53.7 Å². The van der Waals surface area contributed by atoms with Crippen molar-refractivity contribution in [3.63, 3.8) is 0 Å². The molecule has 226 valence electrons. The highest BCUT2D eigenvalue weighted by molar-refractivity contribution is 7.92. The van der Waals surface area contributed by atoms with Gasteiger partial charge in [-0.1, -0.05) is 77.8 Å². The standard InChI is InChI=1S/C35H56O4S/c1-7-27(36)22-29(40(38,39)28-13-11-10-12-14-28)21-24(4)32-17-18-33(34(32,6)8-2)31-16-15-26-23-35(37,9-3)20-19-30(26)25(31)5/h10-15,24-25,27,29-33,36-37H,7-9,16-23H2,1-6H3/t24-,25-,27-,29?,30-,31-,32-,33+,34-,35+/m1/s1. The number of fused-ring (bicyclic) bond motifs is 1. The third-order valence-corrected chi connectivity index (χ3v) is 14.3. The molecular formula is C35H56O4S. The lowest BCUT2D eigenvalue weighted by atomic mass is 9.56. The fourth-order valence-electron chi connectivity index (χ4n) is 9.32. The number of hydrogen-bond donors (Lipinski definition) is 2. The smallest absolute Gasteiger partial charge is 0.181 e. The summed E-state index contributed by atoms with van der Waals surface area (Å²) in [6.45, 7) is 13.6. The lowest BCUT2D eigenvalue weighted by molar-refractivity contribution is -0.0141. The molecule has 10 atom stereocenters. The van der Waals surface area contributed by atoms with E-state index in [0.717, 1.165) is 44.9 Å². The van der Waals surface area contributed by atoms with E-state index in [1.807, 2.05) is 13.0 Å². The number of allylic oxidation sites excluding steroid dienone is 1. The van der Waals surface area contributed by atoms with Gasteiger partial charge in [0.05, 0.1) is 21.9 Å². The van der Waals surface area contributed by atoms with Crippen LogP contribution >= 0.6 is 0 Å². The van der Waals surface area contributed by atoms with Crippen LogP contribution in [0.1, 0.15) is 112 Å². The maximum Gasteiger partial charge on any atom is 0.181 e. The molecule has 0 bridgehead atoms. The molecular weight excluding hydrogens is 516 g/mol. The minimum absolute atomic E-state index is 0.174. The van der Waals surface area contributed by atoms with E-state index >= 15 is 0 Å². The molecule has 0 aliphatic heterocycles. The van der Waals surface area contributed by atoms with Crippen molar-refractivity contribution < 1.29 is 18.6 Å². The summed E-state index contributed by atoms with van der Waals surface area (Å²) >= 11 is 0. The van der Waals surface area contributed by atoms with Gasteiger partial charge in [0.1, 0.15) is 0 Å². The summed E-state index contributed by atoms with van der Waals surface area (Å²) in [5.74, 6) is 3.24. The zero-order chi connectivity index (χ0) is 29.3. The van der Waals surface area contributed by atoms with Crippen LogP contribution in [0.25, 0.3) is 0 Å². The first-order valence-corrected chi connectivity index (χ1v) is 17.8. The fourth-order valence-corrected chi connectivity index (χ4v) is 11.3. The van der Waals surface area contributed by atoms with Crippen molar-refractivity contribution in [2.45, 2.75) is 134 Å². The molecule has 4 nitrogen and oxygen atoms in total. The summed E-state index contributed by atoms with van der Waals surface area (Å²) in [5, 5.41) is 21.0. The van der Waals surface area contributed by atoms with E-state index in [4.69, 9.17) is 0 Å². The van der Waals surface area contributed by atoms with Crippen LogP contribution < -0.4 is 0 Å². The number of sulfone groups is 1. The molecule has 0 aromatic heterocycles. The van der Waals surface area contributed by atoms with Crippen molar-refractivity contribution in [2.24, 2.45) is 40.9 Å². The van der Waals surface area contributed by atoms with Crippen LogP contribution in [-0.4, -0.2) is 35.6 Å². The van der Waals surface area contributed by atoms with E-state index in [2.05, 4.69) is 40.7 Å². The van der Waals surface area contributed by atoms with Crippen LogP contribution in [0.15, 0.2) is 46.9 Å². The predicted molar refractivity (Wildman–Crippen MR) is 165 cm³/mol. The Balaban J connectivity index is 1.54. The third kappa shape index (κ3) is 6.13. The SMILES string of the molecule is CC[C@@H](O)CC(C[C@@H](C)[C@H]1CC[C@@H]([C@@H]2CC=C3C[C@](O)(CC)CC[C@@H]3[C@H]2C)[C@]1(C)CC)S(=O)(=O)c1ccccc1. The van der Waals surface area contributed by atoms with Gasteiger partial charge in [-0.2, -0.15) is 0 Å². The largest absolute Gasteiger partial charge is 0.393 e. The quantitative estimate of drug-likeness (QED) is 0.264. The molecule has 1 aromatic carbocycles. The second-order valence-electron chi connectivity index (χ2n) is 14.1. The van der Waals surface area contributed by atoms with Crippen molar-refractivity contribution in [3.05, 3.63) is 42.0 Å². The molecule has 2 N–H and O–H groups in total. The summed E-state index contributed by atoms with van der Waals surface area (Å²) in [4.78, 5) is 0.374. The number of benzene rings is 1. The van der Waals surface area contributed by atoms with Crippen LogP contribution in [0.4, 0.5) is 0 Å². The van der Waals surface area contributed by atoms with Gasteiger partial charge in [-0.3, -0.25) is 0 Å². The number of rotatable bonds is 11. The number of aliphatic hydroxyl groups is 2. The Morgan fingerprint density at radius 1 is 1.02 bits per heavy atom. The van der Waals surface area contributed by atoms with Crippen LogP contribution in [0, 0.1) is 40.9 Å². The molecule has 40 heavy (non-hydrogen) atoms. The van der Waals surface area contributed by atoms with Gasteiger partial charge in [-0.25, -0.2) is 8.42 Å². The Hall–Kier alpha value is -1.17. The van der Waals surface area contributed by atoms with Gasteiger partial charge in [-0.05, 0) is 117 Å². The highest BCUT2D eigenvalue weighted by Gasteiger charge is 2.53. The Morgan fingerprint density at radius 3 is 2.35 bits per heavy atom. The second-order valence-corrected chi connectivity index (χ2v) is 16.3. The van der Waals surface area contributed by atoms with Gasteiger partial charge >= 0.3 is 0 Å².